The molecule has 3 aromatic rings. The van der Waals surface area contributed by atoms with E-state index in [0.717, 1.165) is 29.9 Å². The minimum atomic E-state index is -0.646. The van der Waals surface area contributed by atoms with E-state index in [2.05, 4.69) is 20.8 Å². The van der Waals surface area contributed by atoms with E-state index in [-0.39, 0.29) is 0 Å². The Balaban J connectivity index is 1.71. The fraction of sp³-hybridized carbons (Fsp3) is 0.238. The molecule has 29 heavy (non-hydrogen) atoms. The molecule has 2 aromatic carbocycles. The molecule has 1 saturated carbocycles. The SMILES string of the molecule is CNC(=O)NC(=O)[C@@H](Sc1nnc(C2CC2)n1-c1ccccc1)c1ccccc1. The Hall–Kier alpha value is -3.13. The van der Waals surface area contributed by atoms with Crippen molar-refractivity contribution in [3.8, 4) is 5.69 Å². The largest absolute Gasteiger partial charge is 0.341 e. The number of carbonyl (C=O) groups excluding carboxylic acids is 2. The summed E-state index contributed by atoms with van der Waals surface area (Å²) in [6.07, 6.45) is 2.18. The highest BCUT2D eigenvalue weighted by atomic mass is 32.2. The summed E-state index contributed by atoms with van der Waals surface area (Å²) in [5.41, 5.74) is 1.75. The van der Waals surface area contributed by atoms with Crippen LogP contribution in [-0.2, 0) is 4.79 Å². The number of benzene rings is 2. The second-order valence-corrected chi connectivity index (χ2v) is 7.84. The summed E-state index contributed by atoms with van der Waals surface area (Å²) in [5, 5.41) is 13.6. The average molecular weight is 407 g/mol. The van der Waals surface area contributed by atoms with Crippen molar-refractivity contribution in [3.63, 3.8) is 0 Å². The van der Waals surface area contributed by atoms with Crippen molar-refractivity contribution in [2.24, 2.45) is 0 Å². The van der Waals surface area contributed by atoms with Gasteiger partial charge >= 0.3 is 6.03 Å². The number of urea groups is 1. The van der Waals surface area contributed by atoms with Crippen molar-refractivity contribution in [2.75, 3.05) is 7.05 Å². The lowest BCUT2D eigenvalue weighted by atomic mass is 10.1. The number of hydrogen-bond donors (Lipinski definition) is 2. The molecule has 4 rings (SSSR count). The molecule has 0 radical (unpaired) electrons. The first-order valence-corrected chi connectivity index (χ1v) is 10.3. The van der Waals surface area contributed by atoms with Gasteiger partial charge in [-0.1, -0.05) is 60.3 Å². The molecule has 7 nitrogen and oxygen atoms in total. The van der Waals surface area contributed by atoms with Crippen molar-refractivity contribution in [1.29, 1.82) is 0 Å². The Morgan fingerprint density at radius 3 is 2.31 bits per heavy atom. The molecule has 3 amide bonds. The average Bonchev–Trinajstić information content (AvgIpc) is 3.52. The molecule has 1 atom stereocenters. The zero-order valence-electron chi connectivity index (χ0n) is 15.9. The summed E-state index contributed by atoms with van der Waals surface area (Å²) in [4.78, 5) is 24.6. The van der Waals surface area contributed by atoms with Gasteiger partial charge in [-0.3, -0.25) is 14.7 Å². The first-order chi connectivity index (χ1) is 14.2. The van der Waals surface area contributed by atoms with Crippen LogP contribution in [0, 0.1) is 0 Å². The number of rotatable bonds is 6. The predicted octanol–water partition coefficient (Wildman–Crippen LogP) is 3.43. The van der Waals surface area contributed by atoms with Gasteiger partial charge in [0, 0.05) is 18.7 Å². The Morgan fingerprint density at radius 2 is 1.69 bits per heavy atom. The first-order valence-electron chi connectivity index (χ1n) is 9.42. The van der Waals surface area contributed by atoms with Crippen LogP contribution in [0.15, 0.2) is 65.8 Å². The van der Waals surface area contributed by atoms with Gasteiger partial charge in [-0.25, -0.2) is 4.79 Å². The normalized spacial score (nSPS) is 14.2. The van der Waals surface area contributed by atoms with Crippen molar-refractivity contribution in [3.05, 3.63) is 72.1 Å². The summed E-state index contributed by atoms with van der Waals surface area (Å²) in [6, 6.07) is 18.7. The van der Waals surface area contributed by atoms with Crippen LogP contribution in [0.2, 0.25) is 0 Å². The van der Waals surface area contributed by atoms with Gasteiger partial charge in [0.05, 0.1) is 0 Å². The van der Waals surface area contributed by atoms with Gasteiger partial charge in [-0.15, -0.1) is 10.2 Å². The maximum atomic E-state index is 12.9. The van der Waals surface area contributed by atoms with Gasteiger partial charge in [-0.05, 0) is 30.5 Å². The topological polar surface area (TPSA) is 88.9 Å². The van der Waals surface area contributed by atoms with Crippen LogP contribution in [0.3, 0.4) is 0 Å². The summed E-state index contributed by atoms with van der Waals surface area (Å²) in [6.45, 7) is 0. The highest BCUT2D eigenvalue weighted by Gasteiger charge is 2.33. The van der Waals surface area contributed by atoms with Crippen molar-refractivity contribution in [1.82, 2.24) is 25.4 Å². The molecule has 0 bridgehead atoms. The Kier molecular flexibility index (Phi) is 5.62. The van der Waals surface area contributed by atoms with Gasteiger partial charge in [-0.2, -0.15) is 0 Å². The number of amides is 3. The second kappa shape index (κ2) is 8.48. The van der Waals surface area contributed by atoms with Crippen LogP contribution in [0.25, 0.3) is 5.69 Å². The number of hydrogen-bond acceptors (Lipinski definition) is 5. The number of aromatic nitrogens is 3. The summed E-state index contributed by atoms with van der Waals surface area (Å²) in [5.74, 6) is 0.903. The molecule has 2 N–H and O–H groups in total. The standard InChI is InChI=1S/C21H21N5O2S/c1-22-20(28)23-19(27)17(14-8-4-2-5-9-14)29-21-25-24-18(15-12-13-15)26(21)16-10-6-3-7-11-16/h2-11,15,17H,12-13H2,1H3,(H2,22,23,27,28)/t17-/m0/s1. The minimum absolute atomic E-state index is 0.395. The molecule has 1 aliphatic carbocycles. The van der Waals surface area contributed by atoms with E-state index in [4.69, 9.17) is 0 Å². The Bertz CT molecular complexity index is 1000. The Morgan fingerprint density at radius 1 is 1.03 bits per heavy atom. The van der Waals surface area contributed by atoms with Crippen LogP contribution in [-0.4, -0.2) is 33.8 Å². The zero-order valence-corrected chi connectivity index (χ0v) is 16.7. The highest BCUT2D eigenvalue weighted by molar-refractivity contribution is 8.00. The number of imide groups is 1. The lowest BCUT2D eigenvalue weighted by Gasteiger charge is -2.17. The molecule has 0 unspecified atom stereocenters. The summed E-state index contributed by atoms with van der Waals surface area (Å²) >= 11 is 1.29. The molecule has 1 heterocycles. The third kappa shape index (κ3) is 4.32. The van der Waals surface area contributed by atoms with Crippen molar-refractivity contribution in [2.45, 2.75) is 29.2 Å². The minimum Gasteiger partial charge on any atom is -0.341 e. The van der Waals surface area contributed by atoms with Crippen molar-refractivity contribution < 1.29 is 9.59 Å². The molecule has 1 aliphatic rings. The fourth-order valence-electron chi connectivity index (χ4n) is 3.03. The van der Waals surface area contributed by atoms with Crippen LogP contribution in [0.4, 0.5) is 4.79 Å². The van der Waals surface area contributed by atoms with Gasteiger partial charge in [0.15, 0.2) is 5.16 Å². The quantitative estimate of drug-likeness (QED) is 0.611. The second-order valence-electron chi connectivity index (χ2n) is 6.76. The number of nitrogens with zero attached hydrogens (tertiary/aromatic N) is 3. The van der Waals surface area contributed by atoms with Crippen LogP contribution in [0.1, 0.15) is 35.4 Å². The van der Waals surface area contributed by atoms with Gasteiger partial charge in [0.2, 0.25) is 5.91 Å². The van der Waals surface area contributed by atoms with E-state index in [9.17, 15) is 9.59 Å². The fourth-order valence-corrected chi connectivity index (χ4v) is 4.09. The van der Waals surface area contributed by atoms with E-state index in [0.29, 0.717) is 11.1 Å². The van der Waals surface area contributed by atoms with E-state index in [1.165, 1.54) is 18.8 Å². The summed E-state index contributed by atoms with van der Waals surface area (Å²) in [7, 11) is 1.47. The maximum absolute atomic E-state index is 12.9. The number of nitrogens with one attached hydrogen (secondary N) is 2. The summed E-state index contributed by atoms with van der Waals surface area (Å²) < 4.78 is 2.02. The number of thioether (sulfide) groups is 1. The molecule has 1 aromatic heterocycles. The molecule has 0 aliphatic heterocycles. The smallest absolute Gasteiger partial charge is 0.321 e. The first kappa shape index (κ1) is 19.2. The monoisotopic (exact) mass is 407 g/mol. The van der Waals surface area contributed by atoms with Gasteiger partial charge in [0.1, 0.15) is 11.1 Å². The van der Waals surface area contributed by atoms with Crippen LogP contribution in [0.5, 0.6) is 0 Å². The third-order valence-electron chi connectivity index (χ3n) is 4.64. The highest BCUT2D eigenvalue weighted by Crippen LogP contribution is 2.43. The number of carbonyl (C=O) groups is 2. The lowest BCUT2D eigenvalue weighted by molar-refractivity contribution is -0.119. The predicted molar refractivity (Wildman–Crippen MR) is 111 cm³/mol. The van der Waals surface area contributed by atoms with E-state index < -0.39 is 17.2 Å². The molecule has 0 saturated heterocycles. The maximum Gasteiger partial charge on any atom is 0.321 e. The van der Waals surface area contributed by atoms with E-state index >= 15 is 0 Å². The lowest BCUT2D eigenvalue weighted by Crippen LogP contribution is -2.39. The van der Waals surface area contributed by atoms with Gasteiger partial charge in [0.25, 0.3) is 0 Å². The zero-order chi connectivity index (χ0) is 20.2. The van der Waals surface area contributed by atoms with Crippen molar-refractivity contribution >= 4 is 23.7 Å². The van der Waals surface area contributed by atoms with Crippen LogP contribution < -0.4 is 10.6 Å². The number of para-hydroxylation sites is 1. The van der Waals surface area contributed by atoms with E-state index in [1.54, 1.807) is 0 Å². The molecule has 1 fully saturated rings. The van der Waals surface area contributed by atoms with Gasteiger partial charge < -0.3 is 5.32 Å². The molecular weight excluding hydrogens is 386 g/mol. The Labute approximate surface area is 172 Å². The van der Waals surface area contributed by atoms with E-state index in [1.807, 2.05) is 65.2 Å². The molecule has 8 heteroatoms. The molecule has 0 spiro atoms. The molecular formula is C21H21N5O2S. The molecule has 148 valence electrons. The third-order valence-corrected chi connectivity index (χ3v) is 5.84. The van der Waals surface area contributed by atoms with Crippen LogP contribution >= 0.6 is 11.8 Å².